The van der Waals surface area contributed by atoms with Crippen LogP contribution in [0.5, 0.6) is 0 Å². The molecular formula is C12H14FNO3S. The van der Waals surface area contributed by atoms with Crippen LogP contribution in [-0.4, -0.2) is 29.8 Å². The first-order chi connectivity index (χ1) is 8.45. The van der Waals surface area contributed by atoms with Gasteiger partial charge in [0.2, 0.25) is 0 Å². The quantitative estimate of drug-likeness (QED) is 0.804. The average Bonchev–Trinajstić information content (AvgIpc) is 2.35. The van der Waals surface area contributed by atoms with E-state index >= 15 is 0 Å². The van der Waals surface area contributed by atoms with Crippen molar-refractivity contribution < 1.29 is 19.1 Å². The Kier molecular flexibility index (Phi) is 5.15. The van der Waals surface area contributed by atoms with Gasteiger partial charge in [0, 0.05) is 17.0 Å². The van der Waals surface area contributed by atoms with Gasteiger partial charge < -0.3 is 10.4 Å². The predicted molar refractivity (Wildman–Crippen MR) is 67.3 cm³/mol. The smallest absolute Gasteiger partial charge is 0.308 e. The molecule has 1 aromatic carbocycles. The second-order valence-electron chi connectivity index (χ2n) is 3.80. The summed E-state index contributed by atoms with van der Waals surface area (Å²) in [5.41, 5.74) is 0.318. The first kappa shape index (κ1) is 14.5. The zero-order valence-electron chi connectivity index (χ0n) is 10.1. The molecule has 0 bridgehead atoms. The molecule has 1 rings (SSSR count). The summed E-state index contributed by atoms with van der Waals surface area (Å²) in [6.45, 7) is 1.54. The van der Waals surface area contributed by atoms with E-state index in [1.54, 1.807) is 6.26 Å². The number of thioether (sulfide) groups is 1. The van der Waals surface area contributed by atoms with Crippen molar-refractivity contribution in [3.05, 3.63) is 29.6 Å². The van der Waals surface area contributed by atoms with Gasteiger partial charge in [-0.15, -0.1) is 11.8 Å². The second-order valence-corrected chi connectivity index (χ2v) is 4.65. The Morgan fingerprint density at radius 2 is 2.17 bits per heavy atom. The summed E-state index contributed by atoms with van der Waals surface area (Å²) in [6.07, 6.45) is 1.71. The molecular weight excluding hydrogens is 257 g/mol. The van der Waals surface area contributed by atoms with Crippen molar-refractivity contribution in [3.63, 3.8) is 0 Å². The van der Waals surface area contributed by atoms with Crippen LogP contribution in [0.1, 0.15) is 17.3 Å². The van der Waals surface area contributed by atoms with Crippen LogP contribution in [0.4, 0.5) is 4.39 Å². The number of carboxylic acids is 1. The Morgan fingerprint density at radius 3 is 2.72 bits per heavy atom. The minimum atomic E-state index is -0.973. The molecule has 0 aliphatic carbocycles. The molecule has 0 saturated carbocycles. The third-order valence-electron chi connectivity index (χ3n) is 2.40. The van der Waals surface area contributed by atoms with Crippen LogP contribution < -0.4 is 5.32 Å². The molecule has 1 amide bonds. The van der Waals surface area contributed by atoms with Crippen molar-refractivity contribution >= 4 is 23.6 Å². The van der Waals surface area contributed by atoms with E-state index in [9.17, 15) is 14.0 Å². The van der Waals surface area contributed by atoms with E-state index in [4.69, 9.17) is 5.11 Å². The molecule has 1 aromatic rings. The van der Waals surface area contributed by atoms with Crippen molar-refractivity contribution in [3.8, 4) is 0 Å². The number of hydrogen-bond donors (Lipinski definition) is 2. The van der Waals surface area contributed by atoms with Gasteiger partial charge in [-0.05, 0) is 24.5 Å². The molecule has 2 N–H and O–H groups in total. The van der Waals surface area contributed by atoms with Crippen molar-refractivity contribution in [1.29, 1.82) is 0 Å². The number of rotatable bonds is 5. The number of halogens is 1. The molecule has 4 nitrogen and oxygen atoms in total. The highest BCUT2D eigenvalue weighted by Crippen LogP contribution is 2.20. The molecule has 0 aliphatic rings. The molecule has 6 heteroatoms. The van der Waals surface area contributed by atoms with Crippen LogP contribution in [-0.2, 0) is 4.79 Å². The predicted octanol–water partition coefficient (Wildman–Crippen LogP) is 2.00. The highest BCUT2D eigenvalue weighted by molar-refractivity contribution is 7.98. The van der Waals surface area contributed by atoms with Gasteiger partial charge in [0.05, 0.1) is 5.92 Å². The van der Waals surface area contributed by atoms with E-state index in [-0.39, 0.29) is 12.4 Å². The van der Waals surface area contributed by atoms with E-state index in [1.807, 2.05) is 0 Å². The van der Waals surface area contributed by atoms with Gasteiger partial charge >= 0.3 is 5.97 Å². The lowest BCUT2D eigenvalue weighted by atomic mass is 10.1. The molecule has 1 atom stereocenters. The Hall–Kier alpha value is -1.56. The number of carbonyl (C=O) groups is 2. The Balaban J connectivity index is 2.70. The summed E-state index contributed by atoms with van der Waals surface area (Å²) >= 11 is 1.21. The van der Waals surface area contributed by atoms with Crippen LogP contribution in [0.15, 0.2) is 23.1 Å². The van der Waals surface area contributed by atoms with Crippen LogP contribution in [0.2, 0.25) is 0 Å². The number of benzene rings is 1. The van der Waals surface area contributed by atoms with Gasteiger partial charge in [-0.1, -0.05) is 6.92 Å². The first-order valence-electron chi connectivity index (χ1n) is 5.30. The lowest BCUT2D eigenvalue weighted by Crippen LogP contribution is -2.31. The van der Waals surface area contributed by atoms with Gasteiger partial charge in [0.15, 0.2) is 0 Å². The van der Waals surface area contributed by atoms with E-state index in [0.29, 0.717) is 10.5 Å². The molecule has 0 aliphatic heterocycles. The van der Waals surface area contributed by atoms with E-state index < -0.39 is 17.8 Å². The highest BCUT2D eigenvalue weighted by Gasteiger charge is 2.14. The lowest BCUT2D eigenvalue weighted by Gasteiger charge is -2.09. The maximum Gasteiger partial charge on any atom is 0.308 e. The molecule has 0 saturated heterocycles. The summed E-state index contributed by atoms with van der Waals surface area (Å²) in [4.78, 5) is 22.7. The van der Waals surface area contributed by atoms with Gasteiger partial charge in [-0.25, -0.2) is 4.39 Å². The first-order valence-corrected chi connectivity index (χ1v) is 6.52. The Morgan fingerprint density at radius 1 is 1.50 bits per heavy atom. The fourth-order valence-corrected chi connectivity index (χ4v) is 1.74. The number of hydrogen-bond acceptors (Lipinski definition) is 3. The summed E-state index contributed by atoms with van der Waals surface area (Å²) in [6, 6.07) is 4.04. The van der Waals surface area contributed by atoms with Crippen molar-refractivity contribution in [2.45, 2.75) is 11.8 Å². The third kappa shape index (κ3) is 3.73. The SMILES string of the molecule is CSc1cc(C(=O)NCC(C)C(=O)O)ccc1F. The van der Waals surface area contributed by atoms with Crippen LogP contribution in [0.25, 0.3) is 0 Å². The minimum Gasteiger partial charge on any atom is -0.481 e. The zero-order valence-corrected chi connectivity index (χ0v) is 10.9. The lowest BCUT2D eigenvalue weighted by molar-refractivity contribution is -0.140. The number of aliphatic carboxylic acids is 1. The van der Waals surface area contributed by atoms with Gasteiger partial charge in [0.25, 0.3) is 5.91 Å². The monoisotopic (exact) mass is 271 g/mol. The average molecular weight is 271 g/mol. The van der Waals surface area contributed by atoms with Crippen LogP contribution >= 0.6 is 11.8 Å². The second kappa shape index (κ2) is 6.39. The molecule has 98 valence electrons. The molecule has 0 spiro atoms. The largest absolute Gasteiger partial charge is 0.481 e. The summed E-state index contributed by atoms with van der Waals surface area (Å²) in [5.74, 6) is -2.41. The van der Waals surface area contributed by atoms with Crippen molar-refractivity contribution in [2.75, 3.05) is 12.8 Å². The molecule has 0 aromatic heterocycles. The van der Waals surface area contributed by atoms with Crippen molar-refractivity contribution in [1.82, 2.24) is 5.32 Å². The highest BCUT2D eigenvalue weighted by atomic mass is 32.2. The standard InChI is InChI=1S/C12H14FNO3S/c1-7(12(16)17)6-14-11(15)8-3-4-9(13)10(5-8)18-2/h3-5,7H,6H2,1-2H3,(H,14,15)(H,16,17). The maximum absolute atomic E-state index is 13.2. The third-order valence-corrected chi connectivity index (χ3v) is 3.16. The number of carbonyl (C=O) groups excluding carboxylic acids is 1. The minimum absolute atomic E-state index is 0.0418. The Bertz CT molecular complexity index is 465. The molecule has 1 unspecified atom stereocenters. The molecule has 18 heavy (non-hydrogen) atoms. The van der Waals surface area contributed by atoms with E-state index in [1.165, 1.54) is 36.9 Å². The molecule has 0 radical (unpaired) electrons. The van der Waals surface area contributed by atoms with E-state index in [2.05, 4.69) is 5.32 Å². The van der Waals surface area contributed by atoms with Gasteiger partial charge in [-0.2, -0.15) is 0 Å². The topological polar surface area (TPSA) is 66.4 Å². The summed E-state index contributed by atoms with van der Waals surface area (Å²) in [7, 11) is 0. The summed E-state index contributed by atoms with van der Waals surface area (Å²) < 4.78 is 13.2. The zero-order chi connectivity index (χ0) is 13.7. The van der Waals surface area contributed by atoms with Gasteiger partial charge in [-0.3, -0.25) is 9.59 Å². The Labute approximate surface area is 109 Å². The molecule has 0 heterocycles. The van der Waals surface area contributed by atoms with Gasteiger partial charge in [0.1, 0.15) is 5.82 Å². The fourth-order valence-electron chi connectivity index (χ4n) is 1.24. The van der Waals surface area contributed by atoms with Crippen LogP contribution in [0.3, 0.4) is 0 Å². The van der Waals surface area contributed by atoms with Crippen LogP contribution in [0, 0.1) is 11.7 Å². The number of amides is 1. The number of carboxylic acid groups (broad SMARTS) is 1. The molecule has 0 fully saturated rings. The number of nitrogens with one attached hydrogen (secondary N) is 1. The van der Waals surface area contributed by atoms with E-state index in [0.717, 1.165) is 0 Å². The summed E-state index contributed by atoms with van der Waals surface area (Å²) in [5, 5.41) is 11.2. The van der Waals surface area contributed by atoms with Crippen molar-refractivity contribution in [2.24, 2.45) is 5.92 Å². The maximum atomic E-state index is 13.2. The fraction of sp³-hybridized carbons (Fsp3) is 0.333. The normalized spacial score (nSPS) is 11.9.